The third-order valence-corrected chi connectivity index (χ3v) is 6.45. The van der Waals surface area contributed by atoms with E-state index in [0.717, 1.165) is 16.7 Å². The summed E-state index contributed by atoms with van der Waals surface area (Å²) in [5.41, 5.74) is 4.37. The van der Waals surface area contributed by atoms with Crippen LogP contribution in [0.3, 0.4) is 0 Å². The van der Waals surface area contributed by atoms with Crippen molar-refractivity contribution in [1.82, 2.24) is 0 Å². The maximum absolute atomic E-state index is 13.3. The van der Waals surface area contributed by atoms with Crippen LogP contribution in [0, 0.1) is 6.92 Å². The highest BCUT2D eigenvalue weighted by molar-refractivity contribution is 5.99. The molecule has 0 saturated carbocycles. The summed E-state index contributed by atoms with van der Waals surface area (Å²) in [4.78, 5) is 26.6. The minimum absolute atomic E-state index is 0.0664. The lowest BCUT2D eigenvalue weighted by Crippen LogP contribution is -2.29. The van der Waals surface area contributed by atoms with Crippen molar-refractivity contribution < 1.29 is 27.9 Å². The first kappa shape index (κ1) is 28.4. The van der Waals surface area contributed by atoms with Gasteiger partial charge in [0.25, 0.3) is 0 Å². The molecule has 4 aromatic rings. The number of carboxylic acid groups (broad SMARTS) is 1. The molecule has 0 aromatic heterocycles. The van der Waals surface area contributed by atoms with Crippen molar-refractivity contribution in [2.24, 2.45) is 0 Å². The predicted octanol–water partition coefficient (Wildman–Crippen LogP) is 7.50. The first-order chi connectivity index (χ1) is 19.1. The van der Waals surface area contributed by atoms with Gasteiger partial charge in [-0.05, 0) is 47.4 Å². The summed E-state index contributed by atoms with van der Waals surface area (Å²) >= 11 is 0. The zero-order valence-electron chi connectivity index (χ0n) is 21.9. The number of benzene rings is 4. The van der Waals surface area contributed by atoms with Crippen LogP contribution in [0.1, 0.15) is 33.5 Å². The van der Waals surface area contributed by atoms with Gasteiger partial charge in [-0.2, -0.15) is 13.2 Å². The van der Waals surface area contributed by atoms with Gasteiger partial charge in [-0.15, -0.1) is 0 Å². The average molecular weight is 547 g/mol. The molecule has 0 aliphatic carbocycles. The number of aryl methyl sites for hydroxylation is 1. The topological polar surface area (TPSA) is 69.6 Å². The Kier molecular flexibility index (Phi) is 8.89. The summed E-state index contributed by atoms with van der Waals surface area (Å²) in [5, 5.41) is 12.6. The lowest BCUT2D eigenvalue weighted by Gasteiger charge is -2.28. The van der Waals surface area contributed by atoms with E-state index in [-0.39, 0.29) is 31.0 Å². The molecule has 4 aromatic carbocycles. The van der Waals surface area contributed by atoms with Crippen molar-refractivity contribution >= 4 is 23.3 Å². The molecule has 0 saturated heterocycles. The molecule has 0 spiro atoms. The molecule has 5 nitrogen and oxygen atoms in total. The fourth-order valence-electron chi connectivity index (χ4n) is 4.44. The van der Waals surface area contributed by atoms with Crippen LogP contribution < -0.4 is 10.2 Å². The summed E-state index contributed by atoms with van der Waals surface area (Å²) in [7, 11) is 0. The summed E-state index contributed by atoms with van der Waals surface area (Å²) in [6.07, 6.45) is -5.35. The summed E-state index contributed by atoms with van der Waals surface area (Å²) < 4.78 is 39.9. The molecular weight excluding hydrogens is 517 g/mol. The molecule has 40 heavy (non-hydrogen) atoms. The quantitative estimate of drug-likeness (QED) is 0.216. The van der Waals surface area contributed by atoms with E-state index in [2.05, 4.69) is 5.32 Å². The van der Waals surface area contributed by atoms with Gasteiger partial charge in [-0.25, -0.2) is 4.79 Å². The maximum atomic E-state index is 13.3. The number of carbonyl (C=O) groups excluding carboxylic acids is 1. The van der Waals surface area contributed by atoms with Crippen molar-refractivity contribution in [3.05, 3.63) is 119 Å². The normalized spacial score (nSPS) is 11.2. The standard InChI is InChI=1S/C32H29F3N2O3/c1-22-11-13-23(14-12-22)19-30(38)36-28-20-25(26-9-5-6-10-27(26)31(39)40)15-16-29(28)37(18-17-32(33,34)35)21-24-7-3-2-4-8-24/h2-16,20H,17-19,21H2,1H3,(H,36,38)(H,39,40). The van der Waals surface area contributed by atoms with Crippen molar-refractivity contribution in [3.63, 3.8) is 0 Å². The van der Waals surface area contributed by atoms with E-state index >= 15 is 0 Å². The van der Waals surface area contributed by atoms with Crippen LogP contribution in [0.2, 0.25) is 0 Å². The monoisotopic (exact) mass is 546 g/mol. The number of nitrogens with zero attached hydrogens (tertiary/aromatic N) is 1. The second-order valence-corrected chi connectivity index (χ2v) is 9.57. The first-order valence-electron chi connectivity index (χ1n) is 12.8. The van der Waals surface area contributed by atoms with Gasteiger partial charge >= 0.3 is 12.1 Å². The molecule has 0 bridgehead atoms. The van der Waals surface area contributed by atoms with Crippen molar-refractivity contribution in [3.8, 4) is 11.1 Å². The van der Waals surface area contributed by atoms with Crippen LogP contribution >= 0.6 is 0 Å². The Morgan fingerprint density at radius 2 is 1.52 bits per heavy atom. The van der Waals surface area contributed by atoms with Crippen LogP contribution in [0.15, 0.2) is 97.1 Å². The smallest absolute Gasteiger partial charge is 0.390 e. The summed E-state index contributed by atoms with van der Waals surface area (Å²) in [6.45, 7) is 1.80. The van der Waals surface area contributed by atoms with E-state index < -0.39 is 18.6 Å². The molecule has 0 aliphatic heterocycles. The van der Waals surface area contributed by atoms with Gasteiger partial charge in [0.15, 0.2) is 0 Å². The van der Waals surface area contributed by atoms with E-state index in [1.807, 2.05) is 61.5 Å². The highest BCUT2D eigenvalue weighted by Crippen LogP contribution is 2.35. The van der Waals surface area contributed by atoms with Gasteiger partial charge in [0.2, 0.25) is 5.91 Å². The zero-order chi connectivity index (χ0) is 28.7. The predicted molar refractivity (Wildman–Crippen MR) is 151 cm³/mol. The van der Waals surface area contributed by atoms with Crippen LogP contribution in [0.25, 0.3) is 11.1 Å². The molecule has 0 fully saturated rings. The molecule has 0 unspecified atom stereocenters. The Morgan fingerprint density at radius 3 is 2.20 bits per heavy atom. The van der Waals surface area contributed by atoms with E-state index in [1.165, 1.54) is 6.07 Å². The van der Waals surface area contributed by atoms with E-state index in [0.29, 0.717) is 22.5 Å². The second-order valence-electron chi connectivity index (χ2n) is 9.57. The molecule has 4 rings (SSSR count). The fourth-order valence-corrected chi connectivity index (χ4v) is 4.44. The number of hydrogen-bond acceptors (Lipinski definition) is 3. The van der Waals surface area contributed by atoms with Crippen LogP contribution in [0.5, 0.6) is 0 Å². The number of alkyl halides is 3. The van der Waals surface area contributed by atoms with Crippen molar-refractivity contribution in [2.75, 3.05) is 16.8 Å². The third kappa shape index (κ3) is 7.72. The Morgan fingerprint density at radius 1 is 0.850 bits per heavy atom. The molecular formula is C32H29F3N2O3. The van der Waals surface area contributed by atoms with E-state index in [9.17, 15) is 27.9 Å². The van der Waals surface area contributed by atoms with E-state index in [4.69, 9.17) is 0 Å². The van der Waals surface area contributed by atoms with E-state index in [1.54, 1.807) is 41.3 Å². The number of hydrogen-bond donors (Lipinski definition) is 2. The third-order valence-electron chi connectivity index (χ3n) is 6.45. The molecule has 0 heterocycles. The molecule has 0 radical (unpaired) electrons. The van der Waals surface area contributed by atoms with Crippen LogP contribution in [0.4, 0.5) is 24.5 Å². The number of anilines is 2. The summed E-state index contributed by atoms with van der Waals surface area (Å²) in [5.74, 6) is -1.45. The number of nitrogens with one attached hydrogen (secondary N) is 1. The van der Waals surface area contributed by atoms with Crippen LogP contribution in [-0.2, 0) is 17.8 Å². The highest BCUT2D eigenvalue weighted by Gasteiger charge is 2.29. The first-order valence-corrected chi connectivity index (χ1v) is 12.8. The minimum Gasteiger partial charge on any atom is -0.478 e. The van der Waals surface area contributed by atoms with Gasteiger partial charge < -0.3 is 15.3 Å². The number of rotatable bonds is 10. The van der Waals surface area contributed by atoms with Gasteiger partial charge in [-0.3, -0.25) is 4.79 Å². The highest BCUT2D eigenvalue weighted by atomic mass is 19.4. The molecule has 1 amide bonds. The lowest BCUT2D eigenvalue weighted by molar-refractivity contribution is -0.132. The lowest BCUT2D eigenvalue weighted by atomic mass is 9.98. The van der Waals surface area contributed by atoms with Gasteiger partial charge in [0, 0.05) is 13.1 Å². The average Bonchev–Trinajstić information content (AvgIpc) is 2.92. The zero-order valence-corrected chi connectivity index (χ0v) is 21.9. The number of halogens is 3. The molecule has 8 heteroatoms. The van der Waals surface area contributed by atoms with Crippen LogP contribution in [-0.4, -0.2) is 29.7 Å². The van der Waals surface area contributed by atoms with Crippen molar-refractivity contribution in [1.29, 1.82) is 0 Å². The fraction of sp³-hybridized carbons (Fsp3) is 0.188. The number of carboxylic acids is 1. The molecule has 0 aliphatic rings. The maximum Gasteiger partial charge on any atom is 0.390 e. The minimum atomic E-state index is -4.37. The number of aromatic carboxylic acids is 1. The molecule has 206 valence electrons. The van der Waals surface area contributed by atoms with Gasteiger partial charge in [-0.1, -0.05) is 84.4 Å². The Labute approximate surface area is 230 Å². The largest absolute Gasteiger partial charge is 0.478 e. The summed E-state index contributed by atoms with van der Waals surface area (Å²) in [6, 6.07) is 28.0. The molecule has 0 atom stereocenters. The number of carbonyl (C=O) groups is 2. The SMILES string of the molecule is Cc1ccc(CC(=O)Nc2cc(-c3ccccc3C(=O)O)ccc2N(CCC(F)(F)F)Cc2ccccc2)cc1. The Bertz CT molecular complexity index is 1470. The Balaban J connectivity index is 1.75. The Hall–Kier alpha value is -4.59. The van der Waals surface area contributed by atoms with Gasteiger partial charge in [0.05, 0.1) is 29.8 Å². The number of amides is 1. The molecule has 2 N–H and O–H groups in total. The van der Waals surface area contributed by atoms with Crippen molar-refractivity contribution in [2.45, 2.75) is 32.5 Å². The van der Waals surface area contributed by atoms with Gasteiger partial charge in [0.1, 0.15) is 0 Å². The second kappa shape index (κ2) is 12.5.